The Hall–Kier alpha value is -3.41. The van der Waals surface area contributed by atoms with Gasteiger partial charge in [0.05, 0.1) is 23.2 Å². The smallest absolute Gasteiger partial charge is 0.275 e. The van der Waals surface area contributed by atoms with Gasteiger partial charge in [0.1, 0.15) is 18.3 Å². The summed E-state index contributed by atoms with van der Waals surface area (Å²) in [5, 5.41) is 8.39. The van der Waals surface area contributed by atoms with Crippen molar-refractivity contribution in [3.63, 3.8) is 0 Å². The molecule has 0 saturated carbocycles. The van der Waals surface area contributed by atoms with Crippen molar-refractivity contribution >= 4 is 28.6 Å². The standard InChI is InChI=1S/C20H23N9O2S/c1-5-29-11(2)14(8-23-29)17-24-16-18(27(17)4)21-10-22-19(16)31-13-6-7-28(9-13)20(30)15-12(3)32-26-25-15/h8,10,13H,5-7,9H2,1-4H3. The molecule has 4 aromatic rings. The molecule has 1 unspecified atom stereocenters. The summed E-state index contributed by atoms with van der Waals surface area (Å²) in [6.07, 6.45) is 3.83. The van der Waals surface area contributed by atoms with Crippen LogP contribution in [0.2, 0.25) is 0 Å². The van der Waals surface area contributed by atoms with Gasteiger partial charge in [-0.2, -0.15) is 10.1 Å². The second-order valence-corrected chi connectivity index (χ2v) is 8.72. The van der Waals surface area contributed by atoms with E-state index < -0.39 is 0 Å². The van der Waals surface area contributed by atoms with Crippen molar-refractivity contribution in [1.29, 1.82) is 0 Å². The van der Waals surface area contributed by atoms with E-state index in [4.69, 9.17) is 9.72 Å². The van der Waals surface area contributed by atoms with Crippen molar-refractivity contribution in [2.45, 2.75) is 39.8 Å². The van der Waals surface area contributed by atoms with Crippen LogP contribution in [0.15, 0.2) is 12.5 Å². The van der Waals surface area contributed by atoms with Gasteiger partial charge in [0.25, 0.3) is 5.91 Å². The predicted octanol–water partition coefficient (Wildman–Crippen LogP) is 2.01. The number of aryl methyl sites for hydroxylation is 3. The second-order valence-electron chi connectivity index (χ2n) is 7.76. The molecular formula is C20H23N9O2S. The third-order valence-corrected chi connectivity index (χ3v) is 6.46. The Morgan fingerprint density at radius 2 is 2.16 bits per heavy atom. The molecule has 1 saturated heterocycles. The van der Waals surface area contributed by atoms with E-state index in [0.717, 1.165) is 28.5 Å². The molecule has 1 aliphatic heterocycles. The van der Waals surface area contributed by atoms with E-state index in [1.54, 1.807) is 4.90 Å². The lowest BCUT2D eigenvalue weighted by atomic mass is 10.2. The molecule has 1 fully saturated rings. The first-order chi connectivity index (χ1) is 15.5. The van der Waals surface area contributed by atoms with Crippen molar-refractivity contribution in [3.8, 4) is 17.3 Å². The molecule has 1 atom stereocenters. The van der Waals surface area contributed by atoms with Crippen LogP contribution < -0.4 is 4.74 Å². The third-order valence-electron chi connectivity index (χ3n) is 5.83. The van der Waals surface area contributed by atoms with Gasteiger partial charge < -0.3 is 14.2 Å². The Balaban J connectivity index is 1.40. The monoisotopic (exact) mass is 453 g/mol. The van der Waals surface area contributed by atoms with E-state index in [0.29, 0.717) is 42.2 Å². The highest BCUT2D eigenvalue weighted by Crippen LogP contribution is 2.30. The van der Waals surface area contributed by atoms with Gasteiger partial charge in [0, 0.05) is 32.3 Å². The van der Waals surface area contributed by atoms with Gasteiger partial charge >= 0.3 is 0 Å². The summed E-state index contributed by atoms with van der Waals surface area (Å²) >= 11 is 1.23. The van der Waals surface area contributed by atoms with Gasteiger partial charge in [-0.25, -0.2) is 9.97 Å². The van der Waals surface area contributed by atoms with Crippen LogP contribution in [0.3, 0.4) is 0 Å². The summed E-state index contributed by atoms with van der Waals surface area (Å²) in [6, 6.07) is 0. The van der Waals surface area contributed by atoms with Crippen LogP contribution in [0.5, 0.6) is 5.88 Å². The SMILES string of the molecule is CCn1ncc(-c2nc3c(OC4CCN(C(=O)c5nnsc5C)C4)ncnc3n2C)c1C. The summed E-state index contributed by atoms with van der Waals surface area (Å²) in [6.45, 7) is 7.78. The normalized spacial score (nSPS) is 16.2. The zero-order valence-corrected chi connectivity index (χ0v) is 19.1. The molecule has 0 radical (unpaired) electrons. The molecular weight excluding hydrogens is 430 g/mol. The molecule has 5 rings (SSSR count). The lowest BCUT2D eigenvalue weighted by Gasteiger charge is -2.16. The van der Waals surface area contributed by atoms with Gasteiger partial charge in [0.15, 0.2) is 16.9 Å². The first-order valence-corrected chi connectivity index (χ1v) is 11.2. The molecule has 166 valence electrons. The van der Waals surface area contributed by atoms with Crippen LogP contribution in [0.1, 0.15) is 34.4 Å². The van der Waals surface area contributed by atoms with E-state index in [-0.39, 0.29) is 12.0 Å². The van der Waals surface area contributed by atoms with E-state index in [2.05, 4.69) is 31.6 Å². The summed E-state index contributed by atoms with van der Waals surface area (Å²) in [5.41, 5.74) is 3.68. The van der Waals surface area contributed by atoms with Crippen LogP contribution in [-0.2, 0) is 13.6 Å². The van der Waals surface area contributed by atoms with E-state index in [1.165, 1.54) is 17.9 Å². The number of ether oxygens (including phenoxy) is 1. The third kappa shape index (κ3) is 3.30. The molecule has 12 heteroatoms. The number of likely N-dealkylation sites (tertiary alicyclic amines) is 1. The zero-order chi connectivity index (χ0) is 22.4. The van der Waals surface area contributed by atoms with Crippen LogP contribution in [-0.4, -0.2) is 68.9 Å². The number of fused-ring (bicyclic) bond motifs is 1. The molecule has 5 heterocycles. The number of carbonyl (C=O) groups is 1. The Labute approximate surface area is 188 Å². The number of amides is 1. The highest BCUT2D eigenvalue weighted by Gasteiger charge is 2.31. The molecule has 1 aliphatic rings. The maximum Gasteiger partial charge on any atom is 0.275 e. The number of imidazole rings is 1. The van der Waals surface area contributed by atoms with Crippen molar-refractivity contribution < 1.29 is 9.53 Å². The van der Waals surface area contributed by atoms with Crippen LogP contribution in [0, 0.1) is 13.8 Å². The van der Waals surface area contributed by atoms with E-state index in [9.17, 15) is 4.79 Å². The van der Waals surface area contributed by atoms with E-state index >= 15 is 0 Å². The minimum atomic E-state index is -0.181. The zero-order valence-electron chi connectivity index (χ0n) is 18.3. The first-order valence-electron chi connectivity index (χ1n) is 10.4. The number of hydrogen-bond acceptors (Lipinski definition) is 9. The minimum absolute atomic E-state index is 0.112. The van der Waals surface area contributed by atoms with Gasteiger partial charge in [-0.1, -0.05) is 4.49 Å². The lowest BCUT2D eigenvalue weighted by Crippen LogP contribution is -2.31. The first kappa shape index (κ1) is 20.5. The molecule has 11 nitrogen and oxygen atoms in total. The van der Waals surface area contributed by atoms with Gasteiger partial charge in [-0.3, -0.25) is 9.48 Å². The van der Waals surface area contributed by atoms with Crippen molar-refractivity contribution in [2.24, 2.45) is 7.05 Å². The number of carbonyl (C=O) groups excluding carboxylic acids is 1. The summed E-state index contributed by atoms with van der Waals surface area (Å²) in [7, 11) is 1.92. The Morgan fingerprint density at radius 3 is 2.88 bits per heavy atom. The van der Waals surface area contributed by atoms with Gasteiger partial charge in [-0.15, -0.1) is 5.10 Å². The molecule has 32 heavy (non-hydrogen) atoms. The average Bonchev–Trinajstić information content (AvgIpc) is 3.56. The van der Waals surface area contributed by atoms with Gasteiger partial charge in [-0.05, 0) is 32.3 Å². The summed E-state index contributed by atoms with van der Waals surface area (Å²) in [4.78, 5) is 28.8. The van der Waals surface area contributed by atoms with Crippen molar-refractivity contribution in [1.82, 2.24) is 43.8 Å². The van der Waals surface area contributed by atoms with Crippen LogP contribution in [0.25, 0.3) is 22.6 Å². The molecule has 0 spiro atoms. The predicted molar refractivity (Wildman–Crippen MR) is 118 cm³/mol. The highest BCUT2D eigenvalue weighted by molar-refractivity contribution is 7.05. The average molecular weight is 454 g/mol. The number of aromatic nitrogens is 8. The second kappa shape index (κ2) is 7.93. The molecule has 4 aromatic heterocycles. The molecule has 0 aliphatic carbocycles. The molecule has 1 amide bonds. The van der Waals surface area contributed by atoms with Crippen LogP contribution in [0.4, 0.5) is 0 Å². The molecule has 0 N–H and O–H groups in total. The topological polar surface area (TPSA) is 117 Å². The lowest BCUT2D eigenvalue weighted by molar-refractivity contribution is 0.0765. The van der Waals surface area contributed by atoms with Gasteiger partial charge in [0.2, 0.25) is 5.88 Å². The largest absolute Gasteiger partial charge is 0.471 e. The fourth-order valence-electron chi connectivity index (χ4n) is 4.04. The fourth-order valence-corrected chi connectivity index (χ4v) is 4.50. The number of hydrogen-bond donors (Lipinski definition) is 0. The maximum absolute atomic E-state index is 12.7. The fraction of sp³-hybridized carbons (Fsp3) is 0.450. The van der Waals surface area contributed by atoms with Crippen molar-refractivity contribution in [2.75, 3.05) is 13.1 Å². The Kier molecular flexibility index (Phi) is 5.08. The highest BCUT2D eigenvalue weighted by atomic mass is 32.1. The summed E-state index contributed by atoms with van der Waals surface area (Å²) in [5.74, 6) is 1.07. The maximum atomic E-state index is 12.7. The molecule has 0 bridgehead atoms. The quantitative estimate of drug-likeness (QED) is 0.450. The van der Waals surface area contributed by atoms with Crippen LogP contribution >= 0.6 is 11.5 Å². The number of nitrogens with zero attached hydrogens (tertiary/aromatic N) is 9. The number of rotatable bonds is 5. The van der Waals surface area contributed by atoms with Crippen molar-refractivity contribution in [3.05, 3.63) is 28.8 Å². The van der Waals surface area contributed by atoms with E-state index in [1.807, 2.05) is 36.3 Å². The minimum Gasteiger partial charge on any atom is -0.471 e. The molecule has 0 aromatic carbocycles. The Morgan fingerprint density at radius 1 is 1.31 bits per heavy atom. The Bertz CT molecular complexity index is 1310. The summed E-state index contributed by atoms with van der Waals surface area (Å²) < 4.78 is 13.9.